The summed E-state index contributed by atoms with van der Waals surface area (Å²) in [5.74, 6) is 0. The Labute approximate surface area is 85.2 Å². The van der Waals surface area contributed by atoms with Crippen LogP contribution in [0, 0.1) is 0 Å². The molecule has 0 aromatic carbocycles. The first-order valence-electron chi connectivity index (χ1n) is 2.46. The van der Waals surface area contributed by atoms with Gasteiger partial charge in [-0.15, -0.1) is 11.3 Å². The minimum atomic E-state index is 0.793. The van der Waals surface area contributed by atoms with Gasteiger partial charge in [-0.1, -0.05) is 11.6 Å². The summed E-state index contributed by atoms with van der Waals surface area (Å²) in [5.41, 5.74) is 0. The van der Waals surface area contributed by atoms with Crippen LogP contribution < -0.4 is 0 Å². The third kappa shape index (κ3) is 2.38. The fraction of sp³-hybridized carbons (Fsp3) is 0. The van der Waals surface area contributed by atoms with Gasteiger partial charge in [0, 0.05) is 4.88 Å². The highest BCUT2D eigenvalue weighted by molar-refractivity contribution is 9.28. The molecule has 1 aromatic heterocycles. The maximum Gasteiger partial charge on any atom is 0.0618 e. The van der Waals surface area contributed by atoms with Crippen molar-refractivity contribution < 1.29 is 0 Å². The average Bonchev–Trinajstić information content (AvgIpc) is 2.15. The van der Waals surface area contributed by atoms with E-state index in [4.69, 9.17) is 11.6 Å². The molecule has 0 radical (unpaired) electrons. The fourth-order valence-corrected chi connectivity index (χ4v) is 2.31. The summed E-state index contributed by atoms with van der Waals surface area (Å²) in [6.07, 6.45) is 1.92. The van der Waals surface area contributed by atoms with E-state index in [-0.39, 0.29) is 0 Å². The molecule has 1 rings (SSSR count). The van der Waals surface area contributed by atoms with Gasteiger partial charge < -0.3 is 0 Å². The normalized spacial score (nSPS) is 9.50. The first-order valence-corrected chi connectivity index (χ1v) is 5.30. The van der Waals surface area contributed by atoms with Crippen LogP contribution in [0.3, 0.4) is 0 Å². The molecule has 0 aliphatic rings. The van der Waals surface area contributed by atoms with Gasteiger partial charge in [0.05, 0.1) is 8.41 Å². The maximum absolute atomic E-state index is 5.81. The van der Waals surface area contributed by atoms with Crippen molar-refractivity contribution in [1.29, 1.82) is 0 Å². The van der Waals surface area contributed by atoms with Gasteiger partial charge in [0.15, 0.2) is 0 Å². The number of hydrogen-bond acceptors (Lipinski definition) is 1. The summed E-state index contributed by atoms with van der Waals surface area (Å²) >= 11 is 13.9. The standard InChI is InChI=1S/C6H3Br2ClS/c7-6(8)3-5-4(9)1-2-10-5/h1-3H. The molecule has 1 heterocycles. The molecule has 0 saturated carbocycles. The topological polar surface area (TPSA) is 0 Å². The lowest BCUT2D eigenvalue weighted by Crippen LogP contribution is -1.59. The Morgan fingerprint density at radius 3 is 2.70 bits per heavy atom. The Morgan fingerprint density at radius 1 is 1.60 bits per heavy atom. The van der Waals surface area contributed by atoms with Crippen molar-refractivity contribution in [3.63, 3.8) is 0 Å². The summed E-state index contributed by atoms with van der Waals surface area (Å²) in [4.78, 5) is 1.06. The van der Waals surface area contributed by atoms with Gasteiger partial charge in [-0.3, -0.25) is 0 Å². The van der Waals surface area contributed by atoms with E-state index < -0.39 is 0 Å². The van der Waals surface area contributed by atoms with Crippen molar-refractivity contribution in [1.82, 2.24) is 0 Å². The largest absolute Gasteiger partial charge is 0.143 e. The molecule has 0 aliphatic heterocycles. The molecule has 1 aromatic rings. The lowest BCUT2D eigenvalue weighted by Gasteiger charge is -1.85. The van der Waals surface area contributed by atoms with Crippen LogP contribution in [0.15, 0.2) is 14.8 Å². The van der Waals surface area contributed by atoms with Crippen LogP contribution in [0.5, 0.6) is 0 Å². The SMILES string of the molecule is Clc1ccsc1C=C(Br)Br. The summed E-state index contributed by atoms with van der Waals surface area (Å²) < 4.78 is 0.907. The Morgan fingerprint density at radius 2 is 2.30 bits per heavy atom. The first kappa shape index (κ1) is 8.78. The minimum Gasteiger partial charge on any atom is -0.143 e. The smallest absolute Gasteiger partial charge is 0.0618 e. The van der Waals surface area contributed by atoms with Gasteiger partial charge in [-0.05, 0) is 49.4 Å². The summed E-state index contributed by atoms with van der Waals surface area (Å²) in [6.45, 7) is 0. The van der Waals surface area contributed by atoms with E-state index in [2.05, 4.69) is 31.9 Å². The first-order chi connectivity index (χ1) is 4.70. The molecular formula is C6H3Br2ClS. The predicted molar refractivity (Wildman–Crippen MR) is 55.2 cm³/mol. The summed E-state index contributed by atoms with van der Waals surface area (Å²) in [6, 6.07) is 1.88. The predicted octanol–water partition coefficient (Wildman–Crippen LogP) is 4.49. The molecule has 10 heavy (non-hydrogen) atoms. The molecule has 0 aliphatic carbocycles. The van der Waals surface area contributed by atoms with Crippen molar-refractivity contribution in [2.45, 2.75) is 0 Å². The molecule has 0 amide bonds. The Balaban J connectivity index is 2.95. The Kier molecular flexibility index (Phi) is 3.43. The molecule has 0 atom stereocenters. The Bertz CT molecular complexity index is 250. The molecule has 4 heteroatoms. The van der Waals surface area contributed by atoms with Gasteiger partial charge in [0.2, 0.25) is 0 Å². The van der Waals surface area contributed by atoms with Gasteiger partial charge in [-0.2, -0.15) is 0 Å². The monoisotopic (exact) mass is 300 g/mol. The lowest BCUT2D eigenvalue weighted by atomic mass is 10.5. The van der Waals surface area contributed by atoms with E-state index in [9.17, 15) is 0 Å². The zero-order valence-corrected chi connectivity index (χ0v) is 9.52. The van der Waals surface area contributed by atoms with Crippen LogP contribution in [-0.4, -0.2) is 0 Å². The van der Waals surface area contributed by atoms with E-state index in [0.29, 0.717) is 0 Å². The second-order valence-corrected chi connectivity index (χ2v) is 5.69. The molecule has 0 unspecified atom stereocenters. The van der Waals surface area contributed by atoms with E-state index >= 15 is 0 Å². The van der Waals surface area contributed by atoms with Crippen molar-refractivity contribution >= 4 is 60.9 Å². The highest BCUT2D eigenvalue weighted by Gasteiger charge is 1.96. The molecule has 54 valence electrons. The summed E-state index contributed by atoms with van der Waals surface area (Å²) in [7, 11) is 0. The highest BCUT2D eigenvalue weighted by Crippen LogP contribution is 2.27. The van der Waals surface area contributed by atoms with E-state index in [1.54, 1.807) is 11.3 Å². The zero-order chi connectivity index (χ0) is 7.56. The van der Waals surface area contributed by atoms with Crippen LogP contribution in [-0.2, 0) is 0 Å². The third-order valence-corrected chi connectivity index (χ3v) is 2.65. The van der Waals surface area contributed by atoms with E-state index in [0.717, 1.165) is 13.3 Å². The quantitative estimate of drug-likeness (QED) is 0.717. The van der Waals surface area contributed by atoms with Crippen molar-refractivity contribution in [3.8, 4) is 0 Å². The summed E-state index contributed by atoms with van der Waals surface area (Å²) in [5, 5.41) is 2.75. The van der Waals surface area contributed by atoms with Crippen molar-refractivity contribution in [2.75, 3.05) is 0 Å². The number of thiophene rings is 1. The van der Waals surface area contributed by atoms with E-state index in [1.807, 2.05) is 17.5 Å². The van der Waals surface area contributed by atoms with Crippen LogP contribution >= 0.6 is 54.8 Å². The maximum atomic E-state index is 5.81. The van der Waals surface area contributed by atoms with Crippen LogP contribution in [0.1, 0.15) is 4.88 Å². The number of rotatable bonds is 1. The zero-order valence-electron chi connectivity index (χ0n) is 4.77. The van der Waals surface area contributed by atoms with Gasteiger partial charge in [0.25, 0.3) is 0 Å². The molecule has 0 fully saturated rings. The molecule has 0 saturated heterocycles. The molecule has 0 nitrogen and oxygen atoms in total. The van der Waals surface area contributed by atoms with Crippen LogP contribution in [0.4, 0.5) is 0 Å². The number of halogens is 3. The lowest BCUT2D eigenvalue weighted by molar-refractivity contribution is 1.95. The second kappa shape index (κ2) is 3.90. The second-order valence-electron chi connectivity index (χ2n) is 1.57. The minimum absolute atomic E-state index is 0.793. The van der Waals surface area contributed by atoms with Gasteiger partial charge in [0.1, 0.15) is 0 Å². The average molecular weight is 302 g/mol. The molecule has 0 bridgehead atoms. The highest BCUT2D eigenvalue weighted by atomic mass is 79.9. The van der Waals surface area contributed by atoms with E-state index in [1.165, 1.54) is 0 Å². The van der Waals surface area contributed by atoms with Crippen molar-refractivity contribution in [2.24, 2.45) is 0 Å². The number of hydrogen-bond donors (Lipinski definition) is 0. The van der Waals surface area contributed by atoms with Crippen LogP contribution in [0.25, 0.3) is 6.08 Å². The molecule has 0 N–H and O–H groups in total. The van der Waals surface area contributed by atoms with Gasteiger partial charge >= 0.3 is 0 Å². The fourth-order valence-electron chi connectivity index (χ4n) is 0.508. The van der Waals surface area contributed by atoms with Gasteiger partial charge in [-0.25, -0.2) is 0 Å². The van der Waals surface area contributed by atoms with Crippen LogP contribution in [0.2, 0.25) is 5.02 Å². The molecular weight excluding hydrogens is 299 g/mol. The molecule has 0 spiro atoms. The Hall–Kier alpha value is 0.690. The van der Waals surface area contributed by atoms with Crippen molar-refractivity contribution in [3.05, 3.63) is 24.7 Å². The third-order valence-electron chi connectivity index (χ3n) is 0.885.